The minimum absolute atomic E-state index is 0.118. The smallest absolute Gasteiger partial charge is 0.0543 e. The van der Waals surface area contributed by atoms with Gasteiger partial charge in [-0.05, 0) is 170 Å². The Bertz CT molecular complexity index is 2870. The van der Waals surface area contributed by atoms with Crippen LogP contribution in [0.5, 0.6) is 0 Å². The molecule has 2 spiro atoms. The fourth-order valence-corrected chi connectivity index (χ4v) is 14.8. The molecule has 4 saturated carbocycles. The molecule has 7 aromatic carbocycles. The molecule has 290 valence electrons. The van der Waals surface area contributed by atoms with Crippen molar-refractivity contribution in [2.45, 2.75) is 82.5 Å². The Labute approximate surface area is 350 Å². The molecule has 2 bridgehead atoms. The fourth-order valence-electron chi connectivity index (χ4n) is 14.8. The third kappa shape index (κ3) is 4.37. The van der Waals surface area contributed by atoms with Crippen LogP contribution in [0.15, 0.2) is 152 Å². The number of anilines is 3. The topological polar surface area (TPSA) is 3.24 Å². The number of fused-ring (bicyclic) bond motifs is 10. The maximum absolute atomic E-state index is 2.62. The molecule has 13 rings (SSSR count). The highest BCUT2D eigenvalue weighted by Gasteiger charge is 2.84. The summed E-state index contributed by atoms with van der Waals surface area (Å²) >= 11 is 0. The van der Waals surface area contributed by atoms with E-state index < -0.39 is 0 Å². The van der Waals surface area contributed by atoms with Gasteiger partial charge in [-0.25, -0.2) is 0 Å². The van der Waals surface area contributed by atoms with Crippen LogP contribution in [0.25, 0.3) is 44.2 Å². The predicted octanol–water partition coefficient (Wildman–Crippen LogP) is 15.3. The number of hydrogen-bond donors (Lipinski definition) is 0. The van der Waals surface area contributed by atoms with Crippen LogP contribution in [0.4, 0.5) is 17.1 Å². The lowest BCUT2D eigenvalue weighted by Crippen LogP contribution is -2.73. The average molecular weight is 764 g/mol. The molecular formula is C58H53N. The van der Waals surface area contributed by atoms with E-state index >= 15 is 0 Å². The van der Waals surface area contributed by atoms with E-state index in [0.29, 0.717) is 5.41 Å². The first-order valence-corrected chi connectivity index (χ1v) is 22.6. The van der Waals surface area contributed by atoms with Gasteiger partial charge >= 0.3 is 0 Å². The molecule has 6 atom stereocenters. The minimum atomic E-state index is 0.118. The van der Waals surface area contributed by atoms with E-state index in [1.54, 1.807) is 11.1 Å². The first-order valence-electron chi connectivity index (χ1n) is 22.6. The third-order valence-electron chi connectivity index (χ3n) is 17.4. The van der Waals surface area contributed by atoms with Crippen LogP contribution in [-0.4, -0.2) is 0 Å². The molecule has 0 aromatic heterocycles. The summed E-state index contributed by atoms with van der Waals surface area (Å²) in [4.78, 5) is 2.62. The van der Waals surface area contributed by atoms with Gasteiger partial charge in [-0.3, -0.25) is 0 Å². The molecule has 0 aliphatic heterocycles. The number of rotatable bonds is 5. The van der Waals surface area contributed by atoms with Crippen LogP contribution in [0.2, 0.25) is 0 Å². The highest BCUT2D eigenvalue weighted by molar-refractivity contribution is 5.98. The lowest BCUT2D eigenvalue weighted by atomic mass is 9.27. The minimum Gasteiger partial charge on any atom is -0.310 e. The van der Waals surface area contributed by atoms with Crippen LogP contribution >= 0.6 is 0 Å². The Balaban J connectivity index is 0.953. The fraction of sp³-hybridized carbons (Fsp3) is 0.310. The molecular weight excluding hydrogens is 711 g/mol. The molecule has 6 aliphatic rings. The Morgan fingerprint density at radius 2 is 1.12 bits per heavy atom. The van der Waals surface area contributed by atoms with Gasteiger partial charge in [0.05, 0.1) is 5.69 Å². The second-order valence-electron chi connectivity index (χ2n) is 20.8. The van der Waals surface area contributed by atoms with Gasteiger partial charge in [-0.15, -0.1) is 0 Å². The summed E-state index contributed by atoms with van der Waals surface area (Å²) in [5.41, 5.74) is 19.1. The van der Waals surface area contributed by atoms with Crippen LogP contribution in [0.3, 0.4) is 0 Å². The molecule has 1 nitrogen and oxygen atoms in total. The van der Waals surface area contributed by atoms with Gasteiger partial charge in [0.1, 0.15) is 0 Å². The van der Waals surface area contributed by atoms with Gasteiger partial charge in [0.15, 0.2) is 0 Å². The van der Waals surface area contributed by atoms with E-state index in [-0.39, 0.29) is 16.2 Å². The van der Waals surface area contributed by atoms with Crippen LogP contribution < -0.4 is 4.90 Å². The van der Waals surface area contributed by atoms with Crippen LogP contribution in [0.1, 0.15) is 88.5 Å². The summed E-state index contributed by atoms with van der Waals surface area (Å²) in [5.74, 6) is 3.51. The number of nitrogens with zero attached hydrogens (tertiary/aromatic N) is 1. The van der Waals surface area contributed by atoms with Gasteiger partial charge in [0.25, 0.3) is 0 Å². The second-order valence-corrected chi connectivity index (χ2v) is 20.8. The summed E-state index contributed by atoms with van der Waals surface area (Å²) in [6.45, 7) is 9.81. The summed E-state index contributed by atoms with van der Waals surface area (Å²) in [6.07, 6.45) is 8.27. The first-order chi connectivity index (χ1) is 28.7. The molecule has 0 radical (unpaired) electrons. The standard InChI is InChI=1S/C58H53N/c1-55(2)29-30-56(3,4)50-34-43(27-28-48(50)55)59(42-25-23-38(24-26-42)37-19-21-40(22-20-37)45-15-9-12-39-11-5-6-13-44(39)45)51-18-10-17-49-54(51)46-14-7-8-16-47(46)58(49)52-32-36-31-41-33-53(58)57(41,52)35-36/h5-28,34,36,41,52-53H,29-33,35H2,1-4H3. The normalized spacial score (nSPS) is 28.0. The van der Waals surface area contributed by atoms with Crippen molar-refractivity contribution in [3.05, 3.63) is 174 Å². The molecule has 0 saturated heterocycles. The zero-order chi connectivity index (χ0) is 39.5. The van der Waals surface area contributed by atoms with Crippen molar-refractivity contribution in [3.63, 3.8) is 0 Å². The molecule has 6 aliphatic carbocycles. The summed E-state index contributed by atoms with van der Waals surface area (Å²) in [5, 5.41) is 2.58. The van der Waals surface area contributed by atoms with Gasteiger partial charge < -0.3 is 4.90 Å². The van der Waals surface area contributed by atoms with Gasteiger partial charge in [0.2, 0.25) is 0 Å². The molecule has 0 N–H and O–H groups in total. The maximum Gasteiger partial charge on any atom is 0.0543 e. The van der Waals surface area contributed by atoms with E-state index in [4.69, 9.17) is 0 Å². The van der Waals surface area contributed by atoms with Crippen molar-refractivity contribution >= 4 is 27.8 Å². The lowest BCUT2D eigenvalue weighted by Gasteiger charge is -2.76. The average Bonchev–Trinajstić information content (AvgIpc) is 3.90. The van der Waals surface area contributed by atoms with Crippen molar-refractivity contribution in [3.8, 4) is 33.4 Å². The Morgan fingerprint density at radius 1 is 0.492 bits per heavy atom. The monoisotopic (exact) mass is 763 g/mol. The molecule has 7 aromatic rings. The number of hydrogen-bond acceptors (Lipinski definition) is 1. The second kappa shape index (κ2) is 11.7. The Hall–Kier alpha value is -5.40. The Morgan fingerprint density at radius 3 is 1.93 bits per heavy atom. The number of benzene rings is 7. The van der Waals surface area contributed by atoms with E-state index in [9.17, 15) is 0 Å². The summed E-state index contributed by atoms with van der Waals surface area (Å²) in [6, 6.07) is 58.4. The summed E-state index contributed by atoms with van der Waals surface area (Å²) < 4.78 is 0. The van der Waals surface area contributed by atoms with Crippen molar-refractivity contribution in [2.24, 2.45) is 29.1 Å². The first kappa shape index (κ1) is 34.5. The Kier molecular flexibility index (Phi) is 6.81. The van der Waals surface area contributed by atoms with Gasteiger partial charge in [-0.1, -0.05) is 149 Å². The molecule has 0 amide bonds. The third-order valence-corrected chi connectivity index (χ3v) is 17.4. The van der Waals surface area contributed by atoms with Crippen LogP contribution in [0, 0.1) is 29.1 Å². The molecule has 6 unspecified atom stereocenters. The quantitative estimate of drug-likeness (QED) is 0.169. The van der Waals surface area contributed by atoms with Crippen molar-refractivity contribution < 1.29 is 0 Å². The van der Waals surface area contributed by atoms with Crippen molar-refractivity contribution in [2.75, 3.05) is 4.90 Å². The summed E-state index contributed by atoms with van der Waals surface area (Å²) in [7, 11) is 0. The largest absolute Gasteiger partial charge is 0.310 e. The van der Waals surface area contributed by atoms with E-state index in [1.807, 2.05) is 0 Å². The molecule has 4 fully saturated rings. The maximum atomic E-state index is 2.62. The predicted molar refractivity (Wildman–Crippen MR) is 246 cm³/mol. The van der Waals surface area contributed by atoms with Crippen molar-refractivity contribution in [1.82, 2.24) is 0 Å². The zero-order valence-corrected chi connectivity index (χ0v) is 34.9. The van der Waals surface area contributed by atoms with Gasteiger partial charge in [0, 0.05) is 22.4 Å². The van der Waals surface area contributed by atoms with E-state index in [1.165, 1.54) is 111 Å². The molecule has 1 heteroatoms. The van der Waals surface area contributed by atoms with E-state index in [0.717, 1.165) is 23.7 Å². The molecule has 0 heterocycles. The van der Waals surface area contributed by atoms with Crippen LogP contribution in [-0.2, 0) is 16.2 Å². The van der Waals surface area contributed by atoms with Crippen molar-refractivity contribution in [1.29, 1.82) is 0 Å². The van der Waals surface area contributed by atoms with Gasteiger partial charge in [-0.2, -0.15) is 0 Å². The zero-order valence-electron chi connectivity index (χ0n) is 34.9. The highest BCUT2D eigenvalue weighted by Crippen LogP contribution is 2.89. The molecule has 59 heavy (non-hydrogen) atoms. The van der Waals surface area contributed by atoms with E-state index in [2.05, 4.69) is 184 Å². The highest BCUT2D eigenvalue weighted by atomic mass is 15.1. The lowest BCUT2D eigenvalue weighted by molar-refractivity contribution is -0.231. The SMILES string of the molecule is CC1(C)CCC(C)(C)c2cc(N(c3ccc(-c4ccc(-c5cccc6ccccc56)cc4)cc3)c3cccc4c3-c3ccccc3C43C4CC5CC6CC3C64C5)ccc21.